The van der Waals surface area contributed by atoms with Crippen LogP contribution in [0.4, 0.5) is 34.1 Å². The molecular weight excluding hydrogens is 929 g/mol. The molecule has 13 aromatic rings. The Balaban J connectivity index is 1.02. The number of benzene rings is 13. The van der Waals surface area contributed by atoms with Crippen molar-refractivity contribution in [3.05, 3.63) is 302 Å². The van der Waals surface area contributed by atoms with E-state index >= 15 is 0 Å². The van der Waals surface area contributed by atoms with Crippen LogP contribution in [-0.2, 0) is 5.41 Å². The molecule has 0 fully saturated rings. The summed E-state index contributed by atoms with van der Waals surface area (Å²) < 4.78 is 0. The normalized spacial score (nSPS) is 12.4. The number of fused-ring (bicyclic) bond motifs is 9. The molecule has 0 saturated carbocycles. The molecule has 0 saturated heterocycles. The SMILES string of the molecule is CC1(C)c2ccccc2-c2ccc(-c3ccc4c(c3)c3ccccc3c3c(-c5ccc(N(c6ccccc6)c6ccccc6)cc5)c(-c5ccccc5)cc(-c5ccc(N(c6ccccc6)c6ccccc6)cc5)c43)cc21. The molecule has 0 N–H and O–H groups in total. The molecule has 0 heterocycles. The van der Waals surface area contributed by atoms with Gasteiger partial charge in [0.25, 0.3) is 0 Å². The molecule has 1 aliphatic carbocycles. The molecule has 364 valence electrons. The second-order valence-electron chi connectivity index (χ2n) is 20.8. The molecule has 14 rings (SSSR count). The van der Waals surface area contributed by atoms with Gasteiger partial charge in [0, 0.05) is 39.5 Å². The van der Waals surface area contributed by atoms with E-state index in [0.717, 1.165) is 45.3 Å². The number of hydrogen-bond acceptors (Lipinski definition) is 2. The first-order valence-corrected chi connectivity index (χ1v) is 26.7. The smallest absolute Gasteiger partial charge is 0.0462 e. The summed E-state index contributed by atoms with van der Waals surface area (Å²) in [5.41, 5.74) is 21.5. The van der Waals surface area contributed by atoms with Crippen molar-refractivity contribution in [3.63, 3.8) is 0 Å². The van der Waals surface area contributed by atoms with Crippen LogP contribution in [0, 0.1) is 0 Å². The zero-order chi connectivity index (χ0) is 51.5. The van der Waals surface area contributed by atoms with Gasteiger partial charge < -0.3 is 9.80 Å². The lowest BCUT2D eigenvalue weighted by molar-refractivity contribution is 0.660. The van der Waals surface area contributed by atoms with E-state index in [1.165, 1.54) is 88.0 Å². The van der Waals surface area contributed by atoms with Crippen LogP contribution in [0.15, 0.2) is 291 Å². The zero-order valence-electron chi connectivity index (χ0n) is 43.1. The maximum atomic E-state index is 2.48. The minimum absolute atomic E-state index is 0.0994. The van der Waals surface area contributed by atoms with Crippen LogP contribution in [-0.4, -0.2) is 0 Å². The Hall–Kier alpha value is -9.76. The predicted molar refractivity (Wildman–Crippen MR) is 328 cm³/mol. The second-order valence-corrected chi connectivity index (χ2v) is 20.8. The molecule has 0 spiro atoms. The lowest BCUT2D eigenvalue weighted by atomic mass is 9.80. The summed E-state index contributed by atoms with van der Waals surface area (Å²) >= 11 is 0. The topological polar surface area (TPSA) is 6.48 Å². The van der Waals surface area contributed by atoms with Gasteiger partial charge in [-0.05, 0) is 190 Å². The summed E-state index contributed by atoms with van der Waals surface area (Å²) in [6.45, 7) is 4.74. The number of para-hydroxylation sites is 4. The van der Waals surface area contributed by atoms with Gasteiger partial charge >= 0.3 is 0 Å². The van der Waals surface area contributed by atoms with Crippen LogP contribution in [0.5, 0.6) is 0 Å². The molecule has 0 radical (unpaired) electrons. The lowest BCUT2D eigenvalue weighted by Gasteiger charge is -2.26. The van der Waals surface area contributed by atoms with Gasteiger partial charge in [-0.25, -0.2) is 0 Å². The molecule has 77 heavy (non-hydrogen) atoms. The highest BCUT2D eigenvalue weighted by Gasteiger charge is 2.35. The number of hydrogen-bond donors (Lipinski definition) is 0. The third-order valence-electron chi connectivity index (χ3n) is 16.0. The average molecular weight is 983 g/mol. The molecule has 13 aromatic carbocycles. The molecule has 2 heteroatoms. The van der Waals surface area contributed by atoms with Crippen molar-refractivity contribution in [1.82, 2.24) is 0 Å². The van der Waals surface area contributed by atoms with Crippen LogP contribution in [0.2, 0.25) is 0 Å². The minimum atomic E-state index is -0.0994. The Bertz CT molecular complexity index is 4220. The van der Waals surface area contributed by atoms with Gasteiger partial charge in [0.15, 0.2) is 0 Å². The van der Waals surface area contributed by atoms with Crippen LogP contribution in [0.25, 0.3) is 88.0 Å². The first-order chi connectivity index (χ1) is 38.0. The van der Waals surface area contributed by atoms with E-state index < -0.39 is 0 Å². The number of rotatable bonds is 10. The molecule has 0 amide bonds. The molecule has 0 aromatic heterocycles. The van der Waals surface area contributed by atoms with Crippen molar-refractivity contribution in [2.75, 3.05) is 9.80 Å². The quantitative estimate of drug-likeness (QED) is 0.126. The van der Waals surface area contributed by atoms with Gasteiger partial charge in [0.05, 0.1) is 0 Å². The fraction of sp³-hybridized carbons (Fsp3) is 0.0400. The van der Waals surface area contributed by atoms with E-state index in [-0.39, 0.29) is 5.41 Å². The molecule has 0 bridgehead atoms. The van der Waals surface area contributed by atoms with Crippen molar-refractivity contribution in [2.24, 2.45) is 0 Å². The first kappa shape index (κ1) is 45.8. The van der Waals surface area contributed by atoms with Gasteiger partial charge in [-0.3, -0.25) is 0 Å². The van der Waals surface area contributed by atoms with Crippen molar-refractivity contribution < 1.29 is 0 Å². The van der Waals surface area contributed by atoms with Gasteiger partial charge in [-0.1, -0.05) is 214 Å². The summed E-state index contributed by atoms with van der Waals surface area (Å²) in [5, 5.41) is 7.39. The largest absolute Gasteiger partial charge is 0.311 e. The van der Waals surface area contributed by atoms with Crippen LogP contribution < -0.4 is 9.80 Å². The Morgan fingerprint density at radius 1 is 0.234 bits per heavy atom. The van der Waals surface area contributed by atoms with Gasteiger partial charge in [0.2, 0.25) is 0 Å². The van der Waals surface area contributed by atoms with E-state index in [0.29, 0.717) is 0 Å². The van der Waals surface area contributed by atoms with E-state index in [1.807, 2.05) is 0 Å². The molecule has 0 atom stereocenters. The maximum absolute atomic E-state index is 2.48. The van der Waals surface area contributed by atoms with Crippen molar-refractivity contribution in [1.29, 1.82) is 0 Å². The summed E-state index contributed by atoms with van der Waals surface area (Å²) in [6.07, 6.45) is 0. The van der Waals surface area contributed by atoms with Gasteiger partial charge in [0.1, 0.15) is 0 Å². The molecule has 1 aliphatic rings. The van der Waals surface area contributed by atoms with Crippen molar-refractivity contribution >= 4 is 66.4 Å². The highest BCUT2D eigenvalue weighted by atomic mass is 15.1. The highest BCUT2D eigenvalue weighted by Crippen LogP contribution is 2.52. The lowest BCUT2D eigenvalue weighted by Crippen LogP contribution is -2.14. The number of nitrogens with zero attached hydrogens (tertiary/aromatic N) is 2. The Labute approximate surface area is 451 Å². The molecule has 2 nitrogen and oxygen atoms in total. The van der Waals surface area contributed by atoms with Crippen LogP contribution >= 0.6 is 0 Å². The summed E-state index contributed by atoms with van der Waals surface area (Å²) in [6, 6.07) is 107. The van der Waals surface area contributed by atoms with Gasteiger partial charge in [-0.15, -0.1) is 0 Å². The Kier molecular flexibility index (Phi) is 11.2. The minimum Gasteiger partial charge on any atom is -0.311 e. The van der Waals surface area contributed by atoms with Crippen molar-refractivity contribution in [3.8, 4) is 55.6 Å². The van der Waals surface area contributed by atoms with Gasteiger partial charge in [-0.2, -0.15) is 0 Å². The fourth-order valence-electron chi connectivity index (χ4n) is 12.4. The molecule has 0 aliphatic heterocycles. The van der Waals surface area contributed by atoms with E-state index in [1.54, 1.807) is 0 Å². The second kappa shape index (κ2) is 18.9. The standard InChI is InChI=1S/C75H54N2/c1-75(2)70-35-21-20-33-63(70)64-46-40-55(49-71(64)75)54-41-47-66-69(48-54)62-32-18-19-34-65(62)74-72(53-38-44-61(45-39-53)77(58-28-14-6-15-29-58)59-30-16-7-17-31-59)67(51-22-8-3-9-23-51)50-68(73(66)74)52-36-42-60(43-37-52)76(56-24-10-4-11-25-56)57-26-12-5-13-27-57/h3-50H,1-2H3. The van der Waals surface area contributed by atoms with Crippen LogP contribution in [0.1, 0.15) is 25.0 Å². The third-order valence-corrected chi connectivity index (χ3v) is 16.0. The average Bonchev–Trinajstić information content (AvgIpc) is 3.79. The Morgan fingerprint density at radius 3 is 1.21 bits per heavy atom. The molecule has 0 unspecified atom stereocenters. The first-order valence-electron chi connectivity index (χ1n) is 26.7. The predicted octanol–water partition coefficient (Wildman–Crippen LogP) is 21.1. The van der Waals surface area contributed by atoms with E-state index in [4.69, 9.17) is 0 Å². The Morgan fingerprint density at radius 2 is 0.636 bits per heavy atom. The highest BCUT2D eigenvalue weighted by molar-refractivity contribution is 6.33. The van der Waals surface area contributed by atoms with Crippen molar-refractivity contribution in [2.45, 2.75) is 19.3 Å². The molecular formula is C75H54N2. The monoisotopic (exact) mass is 982 g/mol. The fourth-order valence-corrected chi connectivity index (χ4v) is 12.4. The summed E-state index contributed by atoms with van der Waals surface area (Å²) in [7, 11) is 0. The summed E-state index contributed by atoms with van der Waals surface area (Å²) in [4.78, 5) is 4.68. The maximum Gasteiger partial charge on any atom is 0.0462 e. The zero-order valence-corrected chi connectivity index (χ0v) is 43.1. The third kappa shape index (κ3) is 7.88. The van der Waals surface area contributed by atoms with E-state index in [9.17, 15) is 0 Å². The number of anilines is 6. The van der Waals surface area contributed by atoms with Crippen LogP contribution in [0.3, 0.4) is 0 Å². The van der Waals surface area contributed by atoms with E-state index in [2.05, 4.69) is 315 Å². The summed E-state index contributed by atoms with van der Waals surface area (Å²) in [5.74, 6) is 0.